The SMILES string of the molecule is CC/C=C\C/C=C\C/C=C\C/C=C\C/C=C\CCCCCC(=O)OC[C@@H](COC(=O)CCCC/C=C\C/C=C\C/C=C\C/C=C\CC)OC(=O)CCCCCCCCCCCCCCCCCCC. The van der Waals surface area contributed by atoms with E-state index < -0.39 is 6.10 Å². The molecule has 0 spiro atoms. The monoisotopic (exact) mass is 957 g/mol. The molecule has 0 aromatic carbocycles. The maximum atomic E-state index is 12.9. The van der Waals surface area contributed by atoms with Gasteiger partial charge in [-0.3, -0.25) is 14.4 Å². The number of hydrogen-bond donors (Lipinski definition) is 0. The summed E-state index contributed by atoms with van der Waals surface area (Å²) in [5.41, 5.74) is 0. The largest absolute Gasteiger partial charge is 0.462 e. The fourth-order valence-electron chi connectivity index (χ4n) is 7.58. The third kappa shape index (κ3) is 54.9. The summed E-state index contributed by atoms with van der Waals surface area (Å²) in [7, 11) is 0. The molecule has 0 aromatic heterocycles. The van der Waals surface area contributed by atoms with E-state index in [9.17, 15) is 14.4 Å². The highest BCUT2D eigenvalue weighted by molar-refractivity contribution is 5.71. The maximum Gasteiger partial charge on any atom is 0.306 e. The lowest BCUT2D eigenvalue weighted by atomic mass is 10.0. The zero-order valence-corrected chi connectivity index (χ0v) is 44.8. The molecule has 1 atom stereocenters. The molecular formula is C63H104O6. The van der Waals surface area contributed by atoms with Gasteiger partial charge in [0.15, 0.2) is 6.10 Å². The first kappa shape index (κ1) is 65.1. The van der Waals surface area contributed by atoms with Crippen LogP contribution in [0.5, 0.6) is 0 Å². The van der Waals surface area contributed by atoms with Crippen molar-refractivity contribution in [1.29, 1.82) is 0 Å². The molecule has 0 unspecified atom stereocenters. The standard InChI is InChI=1S/C63H104O6/c1-4-7-10-13-16-19-22-25-28-30-31-33-35-38-41-44-47-50-53-56-62(65)68-59-60(58-67-61(64)55-52-49-46-43-40-37-34-27-24-21-18-15-12-9-6-3)69-63(66)57-54-51-48-45-42-39-36-32-29-26-23-20-17-14-11-8-5-2/h7,9-10,12,16,18-19,21,25,27-28,31,33-34,38,40-41,43,60H,4-6,8,11,13-15,17,20,22-24,26,29-30,32,35-37,39,42,44-59H2,1-3H3/b10-7-,12-9-,19-16-,21-18-,28-25-,33-31-,34-27-,41-38-,43-40-/t60-/m1/s1. The van der Waals surface area contributed by atoms with Crippen LogP contribution in [-0.4, -0.2) is 37.2 Å². The van der Waals surface area contributed by atoms with Crippen molar-refractivity contribution in [2.24, 2.45) is 0 Å². The molecule has 0 bridgehead atoms. The topological polar surface area (TPSA) is 78.9 Å². The van der Waals surface area contributed by atoms with E-state index in [1.54, 1.807) is 0 Å². The van der Waals surface area contributed by atoms with E-state index in [1.807, 2.05) is 0 Å². The quantitative estimate of drug-likeness (QED) is 0.0262. The van der Waals surface area contributed by atoms with Crippen LogP contribution < -0.4 is 0 Å². The highest BCUT2D eigenvalue weighted by atomic mass is 16.6. The molecule has 6 heteroatoms. The first-order valence-electron chi connectivity index (χ1n) is 28.4. The van der Waals surface area contributed by atoms with E-state index in [2.05, 4.69) is 130 Å². The number of ether oxygens (including phenoxy) is 3. The highest BCUT2D eigenvalue weighted by Gasteiger charge is 2.19. The zero-order chi connectivity index (χ0) is 50.0. The van der Waals surface area contributed by atoms with Crippen LogP contribution in [0.1, 0.15) is 252 Å². The number of unbranched alkanes of at least 4 members (excludes halogenated alkanes) is 21. The molecular weight excluding hydrogens is 853 g/mol. The number of hydrogen-bond acceptors (Lipinski definition) is 6. The minimum absolute atomic E-state index is 0.108. The molecule has 0 aliphatic rings. The van der Waals surface area contributed by atoms with E-state index in [0.717, 1.165) is 122 Å². The van der Waals surface area contributed by atoms with Gasteiger partial charge in [-0.05, 0) is 103 Å². The third-order valence-corrected chi connectivity index (χ3v) is 11.8. The second-order valence-electron chi connectivity index (χ2n) is 18.4. The van der Waals surface area contributed by atoms with Crippen LogP contribution in [0.2, 0.25) is 0 Å². The van der Waals surface area contributed by atoms with Gasteiger partial charge in [-0.25, -0.2) is 0 Å². The van der Waals surface area contributed by atoms with Gasteiger partial charge < -0.3 is 14.2 Å². The Labute approximate surface area is 425 Å². The third-order valence-electron chi connectivity index (χ3n) is 11.8. The summed E-state index contributed by atoms with van der Waals surface area (Å²) >= 11 is 0. The summed E-state index contributed by atoms with van der Waals surface area (Å²) < 4.78 is 16.8. The summed E-state index contributed by atoms with van der Waals surface area (Å²) in [6, 6.07) is 0. The van der Waals surface area contributed by atoms with E-state index in [-0.39, 0.29) is 31.1 Å². The average Bonchev–Trinajstić information content (AvgIpc) is 3.35. The van der Waals surface area contributed by atoms with Gasteiger partial charge in [-0.1, -0.05) is 239 Å². The van der Waals surface area contributed by atoms with Crippen LogP contribution in [-0.2, 0) is 28.6 Å². The van der Waals surface area contributed by atoms with E-state index in [1.165, 1.54) is 89.9 Å². The molecule has 0 saturated heterocycles. The normalized spacial score (nSPS) is 12.9. The van der Waals surface area contributed by atoms with Gasteiger partial charge in [0, 0.05) is 19.3 Å². The van der Waals surface area contributed by atoms with Crippen LogP contribution in [0.15, 0.2) is 109 Å². The van der Waals surface area contributed by atoms with Crippen LogP contribution in [0.25, 0.3) is 0 Å². The molecule has 0 N–H and O–H groups in total. The summed E-state index contributed by atoms with van der Waals surface area (Å²) in [5.74, 6) is -0.976. The molecule has 69 heavy (non-hydrogen) atoms. The second-order valence-corrected chi connectivity index (χ2v) is 18.4. The molecule has 0 fully saturated rings. The predicted molar refractivity (Wildman–Crippen MR) is 297 cm³/mol. The smallest absolute Gasteiger partial charge is 0.306 e. The maximum absolute atomic E-state index is 12.9. The number of carbonyl (C=O) groups excluding carboxylic acids is 3. The zero-order valence-electron chi connectivity index (χ0n) is 44.8. The highest BCUT2D eigenvalue weighted by Crippen LogP contribution is 2.15. The van der Waals surface area contributed by atoms with Crippen LogP contribution in [0.3, 0.4) is 0 Å². The summed E-state index contributed by atoms with van der Waals surface area (Å²) in [4.78, 5) is 38.1. The predicted octanol–water partition coefficient (Wildman–Crippen LogP) is 19.1. The number of rotatable bonds is 50. The summed E-state index contributed by atoms with van der Waals surface area (Å²) in [6.07, 6.45) is 76.5. The number of allylic oxidation sites excluding steroid dienone is 18. The molecule has 0 radical (unpaired) electrons. The Bertz CT molecular complexity index is 1420. The van der Waals surface area contributed by atoms with Crippen molar-refractivity contribution in [3.63, 3.8) is 0 Å². The Balaban J connectivity index is 4.50. The van der Waals surface area contributed by atoms with Gasteiger partial charge in [0.1, 0.15) is 13.2 Å². The van der Waals surface area contributed by atoms with Crippen molar-refractivity contribution >= 4 is 17.9 Å². The fourth-order valence-corrected chi connectivity index (χ4v) is 7.58. The van der Waals surface area contributed by atoms with Crippen molar-refractivity contribution in [2.75, 3.05) is 13.2 Å². The van der Waals surface area contributed by atoms with Crippen molar-refractivity contribution in [1.82, 2.24) is 0 Å². The summed E-state index contributed by atoms with van der Waals surface area (Å²) in [6.45, 7) is 6.36. The van der Waals surface area contributed by atoms with Crippen LogP contribution in [0, 0.1) is 0 Å². The Morgan fingerprint density at radius 1 is 0.304 bits per heavy atom. The van der Waals surface area contributed by atoms with Crippen molar-refractivity contribution < 1.29 is 28.6 Å². The molecule has 392 valence electrons. The molecule has 0 amide bonds. The van der Waals surface area contributed by atoms with E-state index in [4.69, 9.17) is 14.2 Å². The summed E-state index contributed by atoms with van der Waals surface area (Å²) in [5, 5.41) is 0. The molecule has 0 aliphatic heterocycles. The first-order chi connectivity index (χ1) is 34.0. The molecule has 0 aliphatic carbocycles. The fraction of sp³-hybridized carbons (Fsp3) is 0.667. The van der Waals surface area contributed by atoms with Gasteiger partial charge >= 0.3 is 17.9 Å². The van der Waals surface area contributed by atoms with E-state index in [0.29, 0.717) is 19.3 Å². The molecule has 6 nitrogen and oxygen atoms in total. The molecule has 0 saturated carbocycles. The minimum atomic E-state index is -0.809. The average molecular weight is 958 g/mol. The Kier molecular flexibility index (Phi) is 53.4. The second kappa shape index (κ2) is 56.7. The molecule has 0 rings (SSSR count). The number of esters is 3. The first-order valence-corrected chi connectivity index (χ1v) is 28.4. The Morgan fingerprint density at radius 2 is 0.565 bits per heavy atom. The lowest BCUT2D eigenvalue weighted by molar-refractivity contribution is -0.167. The van der Waals surface area contributed by atoms with Gasteiger partial charge in [0.25, 0.3) is 0 Å². The minimum Gasteiger partial charge on any atom is -0.462 e. The van der Waals surface area contributed by atoms with Crippen molar-refractivity contribution in [3.8, 4) is 0 Å². The lowest BCUT2D eigenvalue weighted by Crippen LogP contribution is -2.30. The van der Waals surface area contributed by atoms with Gasteiger partial charge in [-0.2, -0.15) is 0 Å². The molecule has 0 heterocycles. The van der Waals surface area contributed by atoms with Crippen molar-refractivity contribution in [3.05, 3.63) is 109 Å². The Morgan fingerprint density at radius 3 is 0.913 bits per heavy atom. The van der Waals surface area contributed by atoms with Crippen LogP contribution >= 0.6 is 0 Å². The van der Waals surface area contributed by atoms with Gasteiger partial charge in [-0.15, -0.1) is 0 Å². The van der Waals surface area contributed by atoms with Gasteiger partial charge in [0.05, 0.1) is 0 Å². The molecule has 0 aromatic rings. The number of carbonyl (C=O) groups is 3. The Hall–Kier alpha value is -3.93. The van der Waals surface area contributed by atoms with E-state index >= 15 is 0 Å². The van der Waals surface area contributed by atoms with Crippen LogP contribution in [0.4, 0.5) is 0 Å². The lowest BCUT2D eigenvalue weighted by Gasteiger charge is -2.18. The van der Waals surface area contributed by atoms with Crippen molar-refractivity contribution in [2.45, 2.75) is 258 Å². The van der Waals surface area contributed by atoms with Gasteiger partial charge in [0.2, 0.25) is 0 Å².